The lowest BCUT2D eigenvalue weighted by molar-refractivity contribution is 0.512. The molecule has 0 aliphatic heterocycles. The zero-order chi connectivity index (χ0) is 13.9. The van der Waals surface area contributed by atoms with Crippen LogP contribution in [-0.2, 0) is 6.42 Å². The lowest BCUT2D eigenvalue weighted by Gasteiger charge is -2.12. The molecular formula is C18H31N. The van der Waals surface area contributed by atoms with Gasteiger partial charge in [0, 0.05) is 6.04 Å². The maximum Gasteiger partial charge on any atom is 0.00419 e. The summed E-state index contributed by atoms with van der Waals surface area (Å²) >= 11 is 0. The van der Waals surface area contributed by atoms with Crippen LogP contribution in [0, 0.1) is 6.92 Å². The van der Waals surface area contributed by atoms with E-state index in [-0.39, 0.29) is 0 Å². The molecule has 0 bridgehead atoms. The van der Waals surface area contributed by atoms with Gasteiger partial charge in [-0.15, -0.1) is 0 Å². The van der Waals surface area contributed by atoms with Crippen molar-refractivity contribution >= 4 is 0 Å². The third-order valence-electron chi connectivity index (χ3n) is 3.97. The molecule has 0 aromatic heterocycles. The van der Waals surface area contributed by atoms with E-state index in [2.05, 4.69) is 38.1 Å². The van der Waals surface area contributed by atoms with E-state index in [1.165, 1.54) is 56.1 Å². The Hall–Kier alpha value is -0.820. The fourth-order valence-electron chi connectivity index (χ4n) is 2.56. The molecule has 1 rings (SSSR count). The molecule has 1 nitrogen and oxygen atoms in total. The molecule has 0 amide bonds. The van der Waals surface area contributed by atoms with Gasteiger partial charge in [-0.2, -0.15) is 0 Å². The normalized spacial score (nSPS) is 12.6. The quantitative estimate of drug-likeness (QED) is 0.589. The topological polar surface area (TPSA) is 26.0 Å². The summed E-state index contributed by atoms with van der Waals surface area (Å²) in [5.41, 5.74) is 9.07. The van der Waals surface area contributed by atoms with Crippen LogP contribution in [0.1, 0.15) is 69.4 Å². The SMILES string of the molecule is CCCCCCCCC(N)CCc1ccccc1C. The van der Waals surface area contributed by atoms with Crippen molar-refractivity contribution in [3.8, 4) is 0 Å². The first-order valence-electron chi connectivity index (χ1n) is 8.04. The highest BCUT2D eigenvalue weighted by molar-refractivity contribution is 5.25. The van der Waals surface area contributed by atoms with Crippen LogP contribution >= 0.6 is 0 Å². The van der Waals surface area contributed by atoms with Gasteiger partial charge < -0.3 is 5.73 Å². The molecule has 0 fully saturated rings. The second kappa shape index (κ2) is 10.0. The molecule has 2 N–H and O–H groups in total. The first-order valence-corrected chi connectivity index (χ1v) is 8.04. The Kier molecular flexibility index (Phi) is 8.57. The van der Waals surface area contributed by atoms with E-state index in [1.807, 2.05) is 0 Å². The summed E-state index contributed by atoms with van der Waals surface area (Å²) < 4.78 is 0. The highest BCUT2D eigenvalue weighted by Gasteiger charge is 2.04. The Morgan fingerprint density at radius 3 is 2.37 bits per heavy atom. The maximum absolute atomic E-state index is 6.21. The van der Waals surface area contributed by atoms with Gasteiger partial charge in [-0.3, -0.25) is 0 Å². The molecule has 0 saturated heterocycles. The predicted octanol–water partition coefficient (Wildman–Crippen LogP) is 5.01. The summed E-state index contributed by atoms with van der Waals surface area (Å²) in [6, 6.07) is 9.03. The molecule has 1 heteroatoms. The van der Waals surface area contributed by atoms with Crippen LogP contribution in [0.4, 0.5) is 0 Å². The molecule has 19 heavy (non-hydrogen) atoms. The third-order valence-corrected chi connectivity index (χ3v) is 3.97. The van der Waals surface area contributed by atoms with Gasteiger partial charge in [0.15, 0.2) is 0 Å². The lowest BCUT2D eigenvalue weighted by atomic mass is 9.98. The van der Waals surface area contributed by atoms with Crippen LogP contribution in [-0.4, -0.2) is 6.04 Å². The van der Waals surface area contributed by atoms with E-state index in [0.29, 0.717) is 6.04 Å². The van der Waals surface area contributed by atoms with Gasteiger partial charge in [0.25, 0.3) is 0 Å². The summed E-state index contributed by atoms with van der Waals surface area (Å²) in [7, 11) is 0. The zero-order valence-corrected chi connectivity index (χ0v) is 12.8. The van der Waals surface area contributed by atoms with Crippen molar-refractivity contribution in [2.75, 3.05) is 0 Å². The largest absolute Gasteiger partial charge is 0.328 e. The molecule has 0 spiro atoms. The number of benzene rings is 1. The van der Waals surface area contributed by atoms with Gasteiger partial charge in [0.1, 0.15) is 0 Å². The molecule has 1 aromatic carbocycles. The van der Waals surface area contributed by atoms with E-state index >= 15 is 0 Å². The fraction of sp³-hybridized carbons (Fsp3) is 0.667. The molecule has 0 aliphatic carbocycles. The number of unbranched alkanes of at least 4 members (excludes halogenated alkanes) is 5. The van der Waals surface area contributed by atoms with Crippen molar-refractivity contribution in [2.45, 2.75) is 77.7 Å². The van der Waals surface area contributed by atoms with E-state index in [1.54, 1.807) is 0 Å². The molecule has 1 atom stereocenters. The Labute approximate surface area is 119 Å². The molecule has 1 aromatic rings. The van der Waals surface area contributed by atoms with Crippen LogP contribution in [0.3, 0.4) is 0 Å². The number of nitrogens with two attached hydrogens (primary N) is 1. The van der Waals surface area contributed by atoms with Gasteiger partial charge in [-0.05, 0) is 37.3 Å². The first-order chi connectivity index (χ1) is 9.24. The predicted molar refractivity (Wildman–Crippen MR) is 85.5 cm³/mol. The second-order valence-corrected chi connectivity index (χ2v) is 5.78. The van der Waals surface area contributed by atoms with Gasteiger partial charge in [-0.25, -0.2) is 0 Å². The van der Waals surface area contributed by atoms with Crippen LogP contribution in [0.5, 0.6) is 0 Å². The minimum absolute atomic E-state index is 0.380. The number of hydrogen-bond donors (Lipinski definition) is 1. The monoisotopic (exact) mass is 261 g/mol. The summed E-state index contributed by atoms with van der Waals surface area (Å²) in [5, 5.41) is 0. The summed E-state index contributed by atoms with van der Waals surface area (Å²) in [4.78, 5) is 0. The van der Waals surface area contributed by atoms with Crippen LogP contribution in [0.25, 0.3) is 0 Å². The maximum atomic E-state index is 6.21. The molecular weight excluding hydrogens is 230 g/mol. The molecule has 0 saturated carbocycles. The number of hydrogen-bond acceptors (Lipinski definition) is 1. The minimum Gasteiger partial charge on any atom is -0.328 e. The average molecular weight is 261 g/mol. The van der Waals surface area contributed by atoms with Crippen molar-refractivity contribution in [3.05, 3.63) is 35.4 Å². The van der Waals surface area contributed by atoms with Crippen molar-refractivity contribution in [2.24, 2.45) is 5.73 Å². The molecule has 0 heterocycles. The smallest absolute Gasteiger partial charge is 0.00419 e. The summed E-state index contributed by atoms with van der Waals surface area (Å²) in [6.45, 7) is 4.45. The van der Waals surface area contributed by atoms with Crippen molar-refractivity contribution in [1.82, 2.24) is 0 Å². The minimum atomic E-state index is 0.380. The Morgan fingerprint density at radius 2 is 1.63 bits per heavy atom. The van der Waals surface area contributed by atoms with Crippen LogP contribution in [0.2, 0.25) is 0 Å². The number of aryl methyl sites for hydroxylation is 2. The first kappa shape index (κ1) is 16.2. The fourth-order valence-corrected chi connectivity index (χ4v) is 2.56. The summed E-state index contributed by atoms with van der Waals surface area (Å²) in [5.74, 6) is 0. The second-order valence-electron chi connectivity index (χ2n) is 5.78. The Balaban J connectivity index is 2.08. The molecule has 108 valence electrons. The van der Waals surface area contributed by atoms with Crippen molar-refractivity contribution in [3.63, 3.8) is 0 Å². The van der Waals surface area contributed by atoms with Gasteiger partial charge in [0.05, 0.1) is 0 Å². The highest BCUT2D eigenvalue weighted by Crippen LogP contribution is 2.13. The molecule has 0 radical (unpaired) electrons. The van der Waals surface area contributed by atoms with E-state index in [0.717, 1.165) is 12.8 Å². The van der Waals surface area contributed by atoms with E-state index < -0.39 is 0 Å². The highest BCUT2D eigenvalue weighted by atomic mass is 14.6. The van der Waals surface area contributed by atoms with E-state index in [9.17, 15) is 0 Å². The Bertz CT molecular complexity index is 332. The van der Waals surface area contributed by atoms with Crippen molar-refractivity contribution < 1.29 is 0 Å². The zero-order valence-electron chi connectivity index (χ0n) is 12.8. The summed E-state index contributed by atoms with van der Waals surface area (Å²) in [6.07, 6.45) is 11.6. The standard InChI is InChI=1S/C18H31N/c1-3-4-5-6-7-8-13-18(19)15-14-17-12-10-9-11-16(17)2/h9-12,18H,3-8,13-15,19H2,1-2H3. The van der Waals surface area contributed by atoms with Crippen molar-refractivity contribution in [1.29, 1.82) is 0 Å². The Morgan fingerprint density at radius 1 is 0.947 bits per heavy atom. The van der Waals surface area contributed by atoms with Gasteiger partial charge in [-0.1, -0.05) is 69.7 Å². The van der Waals surface area contributed by atoms with Crippen LogP contribution in [0.15, 0.2) is 24.3 Å². The average Bonchev–Trinajstić information content (AvgIpc) is 2.42. The van der Waals surface area contributed by atoms with Crippen LogP contribution < -0.4 is 5.73 Å². The molecule has 1 unspecified atom stereocenters. The van der Waals surface area contributed by atoms with E-state index in [4.69, 9.17) is 5.73 Å². The van der Waals surface area contributed by atoms with Gasteiger partial charge in [0.2, 0.25) is 0 Å². The third kappa shape index (κ3) is 7.37. The molecule has 0 aliphatic rings. The number of rotatable bonds is 10. The van der Waals surface area contributed by atoms with Gasteiger partial charge >= 0.3 is 0 Å². The lowest BCUT2D eigenvalue weighted by Crippen LogP contribution is -2.20.